The summed E-state index contributed by atoms with van der Waals surface area (Å²) in [6.07, 6.45) is 3.37. The third kappa shape index (κ3) is 3.09. The zero-order valence-corrected chi connectivity index (χ0v) is 11.1. The predicted octanol–water partition coefficient (Wildman–Crippen LogP) is 1.18. The van der Waals surface area contributed by atoms with E-state index in [4.69, 9.17) is 0 Å². The van der Waals surface area contributed by atoms with Gasteiger partial charge in [0.15, 0.2) is 0 Å². The molecule has 2 rings (SSSR count). The molecule has 2 N–H and O–H groups in total. The van der Waals surface area contributed by atoms with Crippen LogP contribution < -0.4 is 10.6 Å². The molecule has 19 heavy (non-hydrogen) atoms. The van der Waals surface area contributed by atoms with Crippen LogP contribution in [0.5, 0.6) is 0 Å². The molecule has 0 aromatic carbocycles. The van der Waals surface area contributed by atoms with Gasteiger partial charge in [0.2, 0.25) is 0 Å². The van der Waals surface area contributed by atoms with Crippen molar-refractivity contribution < 1.29 is 4.79 Å². The molecule has 0 atom stereocenters. The van der Waals surface area contributed by atoms with Crippen molar-refractivity contribution in [3.05, 3.63) is 41.9 Å². The largest absolute Gasteiger partial charge is 0.370 e. The lowest BCUT2D eigenvalue weighted by Gasteiger charge is -2.10. The second kappa shape index (κ2) is 5.99. The highest BCUT2D eigenvalue weighted by Gasteiger charge is 2.11. The topological polar surface area (TPSA) is 71.8 Å². The molecule has 0 bridgehead atoms. The number of carbonyl (C=O) groups excluding carboxylic acids is 1. The van der Waals surface area contributed by atoms with E-state index in [0.717, 1.165) is 12.2 Å². The molecule has 1 amide bonds. The zero-order valence-electron chi connectivity index (χ0n) is 11.1. The quantitative estimate of drug-likeness (QED) is 0.845. The molecule has 6 heteroatoms. The maximum absolute atomic E-state index is 12.1. The lowest BCUT2D eigenvalue weighted by Crippen LogP contribution is -2.25. The third-order valence-corrected chi connectivity index (χ3v) is 2.75. The average Bonchev–Trinajstić information content (AvgIpc) is 2.82. The van der Waals surface area contributed by atoms with Crippen LogP contribution in [0.1, 0.15) is 23.0 Å². The van der Waals surface area contributed by atoms with Crippen LogP contribution in [0.2, 0.25) is 0 Å². The second-order valence-electron chi connectivity index (χ2n) is 4.06. The standard InChI is InChI=1S/C13H17N5O/c1-3-14-12-11(5-4-7-15-12)13(19)16-9-10-6-8-17-18(10)2/h4-8H,3,9H2,1-2H3,(H,14,15)(H,16,19). The van der Waals surface area contributed by atoms with Gasteiger partial charge in [-0.3, -0.25) is 9.48 Å². The number of carbonyl (C=O) groups is 1. The van der Waals surface area contributed by atoms with E-state index in [9.17, 15) is 4.79 Å². The summed E-state index contributed by atoms with van der Waals surface area (Å²) < 4.78 is 1.73. The number of nitrogens with one attached hydrogen (secondary N) is 2. The molecule has 2 aromatic heterocycles. The summed E-state index contributed by atoms with van der Waals surface area (Å²) in [5.41, 5.74) is 1.49. The fraction of sp³-hybridized carbons (Fsp3) is 0.308. The first-order chi connectivity index (χ1) is 9.22. The van der Waals surface area contributed by atoms with E-state index >= 15 is 0 Å². The minimum absolute atomic E-state index is 0.148. The number of rotatable bonds is 5. The Morgan fingerprint density at radius 2 is 2.21 bits per heavy atom. The van der Waals surface area contributed by atoms with E-state index < -0.39 is 0 Å². The summed E-state index contributed by atoms with van der Waals surface area (Å²) in [7, 11) is 1.84. The molecule has 6 nitrogen and oxygen atoms in total. The van der Waals surface area contributed by atoms with E-state index in [1.807, 2.05) is 20.0 Å². The molecule has 0 fully saturated rings. The van der Waals surface area contributed by atoms with Crippen LogP contribution >= 0.6 is 0 Å². The minimum Gasteiger partial charge on any atom is -0.370 e. The van der Waals surface area contributed by atoms with Crippen molar-refractivity contribution in [2.45, 2.75) is 13.5 Å². The molecule has 100 valence electrons. The van der Waals surface area contributed by atoms with E-state index in [2.05, 4.69) is 20.7 Å². The number of amides is 1. The molecular formula is C13H17N5O. The molecule has 2 heterocycles. The van der Waals surface area contributed by atoms with Crippen molar-refractivity contribution in [2.24, 2.45) is 7.05 Å². The van der Waals surface area contributed by atoms with Crippen molar-refractivity contribution in [1.29, 1.82) is 0 Å². The van der Waals surface area contributed by atoms with Crippen LogP contribution in [-0.2, 0) is 13.6 Å². The fourth-order valence-electron chi connectivity index (χ4n) is 1.74. The lowest BCUT2D eigenvalue weighted by molar-refractivity contribution is 0.0950. The summed E-state index contributed by atoms with van der Waals surface area (Å²) in [5.74, 6) is 0.456. The third-order valence-electron chi connectivity index (χ3n) is 2.75. The van der Waals surface area contributed by atoms with Gasteiger partial charge in [0, 0.05) is 26.0 Å². The molecular weight excluding hydrogens is 242 g/mol. The summed E-state index contributed by atoms with van der Waals surface area (Å²) >= 11 is 0. The normalized spacial score (nSPS) is 10.2. The van der Waals surface area contributed by atoms with Crippen molar-refractivity contribution in [3.8, 4) is 0 Å². The van der Waals surface area contributed by atoms with Gasteiger partial charge in [-0.1, -0.05) is 0 Å². The van der Waals surface area contributed by atoms with E-state index in [1.54, 1.807) is 29.2 Å². The smallest absolute Gasteiger partial charge is 0.255 e. The summed E-state index contributed by atoms with van der Waals surface area (Å²) in [6, 6.07) is 5.37. The van der Waals surface area contributed by atoms with Gasteiger partial charge in [-0.05, 0) is 25.1 Å². The molecule has 0 radical (unpaired) electrons. The summed E-state index contributed by atoms with van der Waals surface area (Å²) in [5, 5.41) is 9.99. The number of pyridine rings is 1. The fourth-order valence-corrected chi connectivity index (χ4v) is 1.74. The van der Waals surface area contributed by atoms with E-state index in [-0.39, 0.29) is 5.91 Å². The minimum atomic E-state index is -0.148. The predicted molar refractivity (Wildman–Crippen MR) is 72.8 cm³/mol. The van der Waals surface area contributed by atoms with E-state index in [1.165, 1.54) is 0 Å². The molecule has 2 aromatic rings. The Kier molecular flexibility index (Phi) is 4.12. The monoisotopic (exact) mass is 259 g/mol. The summed E-state index contributed by atoms with van der Waals surface area (Å²) in [6.45, 7) is 3.13. The van der Waals surface area contributed by atoms with Crippen LogP contribution in [0, 0.1) is 0 Å². The van der Waals surface area contributed by atoms with Crippen molar-refractivity contribution in [1.82, 2.24) is 20.1 Å². The van der Waals surface area contributed by atoms with Gasteiger partial charge in [-0.25, -0.2) is 4.98 Å². The molecule has 0 saturated carbocycles. The molecule has 0 aliphatic heterocycles. The van der Waals surface area contributed by atoms with Crippen molar-refractivity contribution in [3.63, 3.8) is 0 Å². The Labute approximate surface area is 111 Å². The van der Waals surface area contributed by atoms with Gasteiger partial charge in [-0.2, -0.15) is 5.10 Å². The molecule has 0 unspecified atom stereocenters. The number of nitrogens with zero attached hydrogens (tertiary/aromatic N) is 3. The molecule has 0 aliphatic rings. The van der Waals surface area contributed by atoms with Gasteiger partial charge in [0.05, 0.1) is 17.8 Å². The first-order valence-corrected chi connectivity index (χ1v) is 6.16. The first-order valence-electron chi connectivity index (χ1n) is 6.16. The van der Waals surface area contributed by atoms with Gasteiger partial charge in [0.25, 0.3) is 5.91 Å². The van der Waals surface area contributed by atoms with Crippen LogP contribution in [0.4, 0.5) is 5.82 Å². The van der Waals surface area contributed by atoms with Crippen LogP contribution in [0.25, 0.3) is 0 Å². The number of aromatic nitrogens is 3. The van der Waals surface area contributed by atoms with Crippen molar-refractivity contribution >= 4 is 11.7 Å². The zero-order chi connectivity index (χ0) is 13.7. The Balaban J connectivity index is 2.06. The highest BCUT2D eigenvalue weighted by molar-refractivity contribution is 5.98. The first kappa shape index (κ1) is 13.1. The van der Waals surface area contributed by atoms with Crippen molar-refractivity contribution in [2.75, 3.05) is 11.9 Å². The van der Waals surface area contributed by atoms with Crippen LogP contribution in [0.15, 0.2) is 30.6 Å². The van der Waals surface area contributed by atoms with Gasteiger partial charge in [0.1, 0.15) is 5.82 Å². The Bertz CT molecular complexity index is 564. The summed E-state index contributed by atoms with van der Waals surface area (Å²) in [4.78, 5) is 16.3. The van der Waals surface area contributed by atoms with Gasteiger partial charge < -0.3 is 10.6 Å². The second-order valence-corrected chi connectivity index (χ2v) is 4.06. The maximum Gasteiger partial charge on any atom is 0.255 e. The van der Waals surface area contributed by atoms with E-state index in [0.29, 0.717) is 17.9 Å². The van der Waals surface area contributed by atoms with Crippen LogP contribution in [-0.4, -0.2) is 27.2 Å². The Morgan fingerprint density at radius 3 is 2.89 bits per heavy atom. The average molecular weight is 259 g/mol. The highest BCUT2D eigenvalue weighted by Crippen LogP contribution is 2.11. The molecule has 0 spiro atoms. The highest BCUT2D eigenvalue weighted by atomic mass is 16.1. The number of hydrogen-bond donors (Lipinski definition) is 2. The number of aryl methyl sites for hydroxylation is 1. The SMILES string of the molecule is CCNc1ncccc1C(=O)NCc1ccnn1C. The number of hydrogen-bond acceptors (Lipinski definition) is 4. The molecule has 0 saturated heterocycles. The maximum atomic E-state index is 12.1. The van der Waals surface area contributed by atoms with Crippen LogP contribution in [0.3, 0.4) is 0 Å². The number of anilines is 1. The Hall–Kier alpha value is -2.37. The lowest BCUT2D eigenvalue weighted by atomic mass is 10.2. The Morgan fingerprint density at radius 1 is 1.37 bits per heavy atom. The molecule has 0 aliphatic carbocycles. The van der Waals surface area contributed by atoms with Gasteiger partial charge in [-0.15, -0.1) is 0 Å². The van der Waals surface area contributed by atoms with Gasteiger partial charge >= 0.3 is 0 Å².